The second-order valence-corrected chi connectivity index (χ2v) is 7.61. The molecule has 1 atom stereocenters. The molecule has 0 aromatic heterocycles. The van der Waals surface area contributed by atoms with Gasteiger partial charge in [0.15, 0.2) is 9.84 Å². The minimum atomic E-state index is -3.27. The summed E-state index contributed by atoms with van der Waals surface area (Å²) in [6.45, 7) is 1.72. The monoisotopic (exact) mass is 355 g/mol. The van der Waals surface area contributed by atoms with E-state index < -0.39 is 27.6 Å². The Labute approximate surface area is 139 Å². The molecule has 0 bridgehead atoms. The summed E-state index contributed by atoms with van der Waals surface area (Å²) in [5, 5.41) is 2.92. The minimum absolute atomic E-state index is 0.142. The van der Waals surface area contributed by atoms with E-state index in [4.69, 9.17) is 11.6 Å². The molecule has 2 rings (SSSR count). The fraction of sp³-hybridized carbons (Fsp3) is 0.188. The molecule has 0 saturated heterocycles. The topological polar surface area (TPSA) is 63.2 Å². The molecule has 0 saturated carbocycles. The summed E-state index contributed by atoms with van der Waals surface area (Å²) >= 11 is 5.77. The molecule has 2 aromatic rings. The Hall–Kier alpha value is -1.92. The molecule has 0 spiro atoms. The molecule has 7 heteroatoms. The van der Waals surface area contributed by atoms with Crippen molar-refractivity contribution >= 4 is 27.3 Å². The summed E-state index contributed by atoms with van der Waals surface area (Å²) in [4.78, 5) is 12.3. The molecular weight excluding hydrogens is 341 g/mol. The molecule has 4 nitrogen and oxygen atoms in total. The van der Waals surface area contributed by atoms with Crippen LogP contribution in [0, 0.1) is 5.82 Å². The van der Waals surface area contributed by atoms with E-state index in [2.05, 4.69) is 5.32 Å². The van der Waals surface area contributed by atoms with Gasteiger partial charge in [-0.2, -0.15) is 0 Å². The van der Waals surface area contributed by atoms with Crippen LogP contribution >= 0.6 is 11.6 Å². The lowest BCUT2D eigenvalue weighted by Crippen LogP contribution is -2.27. The molecular formula is C16H15ClFNO3S. The Morgan fingerprint density at radius 2 is 1.78 bits per heavy atom. The fourth-order valence-corrected chi connectivity index (χ4v) is 2.84. The Morgan fingerprint density at radius 3 is 2.35 bits per heavy atom. The predicted molar refractivity (Wildman–Crippen MR) is 86.8 cm³/mol. The van der Waals surface area contributed by atoms with Crippen molar-refractivity contribution in [3.63, 3.8) is 0 Å². The van der Waals surface area contributed by atoms with E-state index in [1.807, 2.05) is 0 Å². The maximum atomic E-state index is 13.7. The lowest BCUT2D eigenvalue weighted by atomic mass is 10.1. The van der Waals surface area contributed by atoms with Crippen LogP contribution < -0.4 is 5.32 Å². The van der Waals surface area contributed by atoms with E-state index in [1.54, 1.807) is 19.1 Å². The Bertz CT molecular complexity index is 835. The van der Waals surface area contributed by atoms with Crippen LogP contribution in [-0.4, -0.2) is 20.6 Å². The lowest BCUT2D eigenvalue weighted by molar-refractivity contribution is 0.0936. The van der Waals surface area contributed by atoms with Crippen LogP contribution in [0.5, 0.6) is 0 Å². The Kier molecular flexibility index (Phi) is 5.06. The largest absolute Gasteiger partial charge is 0.345 e. The third-order valence-corrected chi connectivity index (χ3v) is 4.69. The number of hydrogen-bond acceptors (Lipinski definition) is 3. The van der Waals surface area contributed by atoms with E-state index >= 15 is 0 Å². The molecule has 0 fully saturated rings. The summed E-state index contributed by atoms with van der Waals surface area (Å²) in [6.07, 6.45) is 1.12. The van der Waals surface area contributed by atoms with Crippen LogP contribution in [0.4, 0.5) is 4.39 Å². The maximum absolute atomic E-state index is 13.7. The van der Waals surface area contributed by atoms with Gasteiger partial charge in [-0.25, -0.2) is 12.8 Å². The van der Waals surface area contributed by atoms with Gasteiger partial charge in [0.2, 0.25) is 0 Å². The molecule has 0 heterocycles. The third kappa shape index (κ3) is 4.30. The second-order valence-electron chi connectivity index (χ2n) is 5.16. The smallest absolute Gasteiger partial charge is 0.254 e. The highest BCUT2D eigenvalue weighted by molar-refractivity contribution is 7.90. The van der Waals surface area contributed by atoms with Crippen molar-refractivity contribution in [2.24, 2.45) is 0 Å². The maximum Gasteiger partial charge on any atom is 0.254 e. The molecule has 122 valence electrons. The average molecular weight is 356 g/mol. The van der Waals surface area contributed by atoms with E-state index in [1.165, 1.54) is 24.3 Å². The van der Waals surface area contributed by atoms with Gasteiger partial charge in [0.25, 0.3) is 5.91 Å². The zero-order valence-corrected chi connectivity index (χ0v) is 14.1. The van der Waals surface area contributed by atoms with Crippen molar-refractivity contribution in [1.29, 1.82) is 0 Å². The first-order chi connectivity index (χ1) is 10.7. The van der Waals surface area contributed by atoms with Gasteiger partial charge in [-0.15, -0.1) is 0 Å². The van der Waals surface area contributed by atoms with Crippen molar-refractivity contribution in [2.75, 3.05) is 6.26 Å². The first-order valence-electron chi connectivity index (χ1n) is 6.74. The normalized spacial score (nSPS) is 12.7. The van der Waals surface area contributed by atoms with Crippen molar-refractivity contribution in [3.8, 4) is 0 Å². The number of carbonyl (C=O) groups is 1. The lowest BCUT2D eigenvalue weighted by Gasteiger charge is -2.15. The SMILES string of the molecule is C[C@@H](NC(=O)c1cc(Cl)ccc1F)c1ccc(S(C)(=O)=O)cc1. The van der Waals surface area contributed by atoms with Gasteiger partial charge in [-0.3, -0.25) is 4.79 Å². The fourth-order valence-electron chi connectivity index (χ4n) is 2.03. The number of rotatable bonds is 4. The van der Waals surface area contributed by atoms with E-state index in [0.717, 1.165) is 12.3 Å². The predicted octanol–water partition coefficient (Wildman–Crippen LogP) is 3.37. The van der Waals surface area contributed by atoms with Crippen LogP contribution in [0.2, 0.25) is 5.02 Å². The van der Waals surface area contributed by atoms with E-state index in [-0.39, 0.29) is 15.5 Å². The first-order valence-corrected chi connectivity index (χ1v) is 9.01. The van der Waals surface area contributed by atoms with Gasteiger partial charge in [0.05, 0.1) is 16.5 Å². The minimum Gasteiger partial charge on any atom is -0.345 e. The molecule has 1 N–H and O–H groups in total. The number of hydrogen-bond donors (Lipinski definition) is 1. The Morgan fingerprint density at radius 1 is 1.17 bits per heavy atom. The van der Waals surface area contributed by atoms with Gasteiger partial charge in [0.1, 0.15) is 5.82 Å². The summed E-state index contributed by atoms with van der Waals surface area (Å²) < 4.78 is 36.5. The highest BCUT2D eigenvalue weighted by atomic mass is 35.5. The number of nitrogens with one attached hydrogen (secondary N) is 1. The molecule has 0 unspecified atom stereocenters. The molecule has 2 aromatic carbocycles. The van der Waals surface area contributed by atoms with Gasteiger partial charge in [0, 0.05) is 11.3 Å². The molecule has 0 aliphatic heterocycles. The van der Waals surface area contributed by atoms with Crippen molar-refractivity contribution < 1.29 is 17.6 Å². The number of amides is 1. The van der Waals surface area contributed by atoms with Gasteiger partial charge in [-0.1, -0.05) is 23.7 Å². The summed E-state index contributed by atoms with van der Waals surface area (Å²) in [5.41, 5.74) is 0.560. The number of halogens is 2. The van der Waals surface area contributed by atoms with Gasteiger partial charge >= 0.3 is 0 Å². The molecule has 0 aliphatic carbocycles. The highest BCUT2D eigenvalue weighted by Gasteiger charge is 2.16. The quantitative estimate of drug-likeness (QED) is 0.914. The average Bonchev–Trinajstić information content (AvgIpc) is 2.48. The second kappa shape index (κ2) is 6.68. The van der Waals surface area contributed by atoms with E-state index in [9.17, 15) is 17.6 Å². The zero-order chi connectivity index (χ0) is 17.2. The van der Waals surface area contributed by atoms with Crippen LogP contribution in [0.3, 0.4) is 0 Å². The number of carbonyl (C=O) groups excluding carboxylic acids is 1. The number of benzene rings is 2. The van der Waals surface area contributed by atoms with Crippen LogP contribution in [0.15, 0.2) is 47.4 Å². The molecule has 23 heavy (non-hydrogen) atoms. The molecule has 0 aliphatic rings. The van der Waals surface area contributed by atoms with E-state index in [0.29, 0.717) is 5.56 Å². The van der Waals surface area contributed by atoms with Gasteiger partial charge in [-0.05, 0) is 42.8 Å². The standard InChI is InChI=1S/C16H15ClFNO3S/c1-10(11-3-6-13(7-4-11)23(2,21)22)19-16(20)14-9-12(17)5-8-15(14)18/h3-10H,1-2H3,(H,19,20)/t10-/m1/s1. The van der Waals surface area contributed by atoms with Crippen molar-refractivity contribution in [3.05, 3.63) is 64.4 Å². The van der Waals surface area contributed by atoms with Crippen LogP contribution in [0.25, 0.3) is 0 Å². The van der Waals surface area contributed by atoms with Gasteiger partial charge < -0.3 is 5.32 Å². The van der Waals surface area contributed by atoms with Crippen LogP contribution in [-0.2, 0) is 9.84 Å². The number of sulfone groups is 1. The zero-order valence-electron chi connectivity index (χ0n) is 12.5. The summed E-state index contributed by atoms with van der Waals surface area (Å²) in [7, 11) is -3.27. The summed E-state index contributed by atoms with van der Waals surface area (Å²) in [6, 6.07) is 9.47. The molecule has 0 radical (unpaired) electrons. The third-order valence-electron chi connectivity index (χ3n) is 3.33. The van der Waals surface area contributed by atoms with Crippen molar-refractivity contribution in [1.82, 2.24) is 5.32 Å². The highest BCUT2D eigenvalue weighted by Crippen LogP contribution is 2.19. The summed E-state index contributed by atoms with van der Waals surface area (Å²) in [5.74, 6) is -1.25. The van der Waals surface area contributed by atoms with Crippen LogP contribution in [0.1, 0.15) is 28.9 Å². The molecule has 1 amide bonds. The van der Waals surface area contributed by atoms with Crippen molar-refractivity contribution in [2.45, 2.75) is 17.9 Å². The Balaban J connectivity index is 2.17. The first kappa shape index (κ1) is 17.4.